The van der Waals surface area contributed by atoms with Gasteiger partial charge >= 0.3 is 6.18 Å². The zero-order valence-electron chi connectivity index (χ0n) is 17.0. The van der Waals surface area contributed by atoms with Gasteiger partial charge in [0, 0.05) is 28.7 Å². The van der Waals surface area contributed by atoms with E-state index in [1.165, 1.54) is 19.2 Å². The highest BCUT2D eigenvalue weighted by Crippen LogP contribution is 2.39. The molecule has 11 heteroatoms. The van der Waals surface area contributed by atoms with Gasteiger partial charge in [-0.25, -0.2) is 9.37 Å². The van der Waals surface area contributed by atoms with E-state index in [1.54, 1.807) is 0 Å². The van der Waals surface area contributed by atoms with Crippen LogP contribution >= 0.6 is 0 Å². The van der Waals surface area contributed by atoms with Gasteiger partial charge in [-0.15, -0.1) is 0 Å². The van der Waals surface area contributed by atoms with Gasteiger partial charge in [-0.3, -0.25) is 14.6 Å². The van der Waals surface area contributed by atoms with Crippen molar-refractivity contribution in [2.24, 2.45) is 0 Å². The van der Waals surface area contributed by atoms with Crippen LogP contribution in [-0.2, 0) is 22.2 Å². The number of aromatic nitrogens is 2. The molecule has 1 aliphatic heterocycles. The van der Waals surface area contributed by atoms with Crippen LogP contribution in [0.2, 0.25) is 0 Å². The van der Waals surface area contributed by atoms with E-state index in [9.17, 15) is 31.5 Å². The van der Waals surface area contributed by atoms with Crippen molar-refractivity contribution in [2.45, 2.75) is 19.5 Å². The lowest BCUT2D eigenvalue weighted by molar-refractivity contribution is -0.137. The van der Waals surface area contributed by atoms with Crippen molar-refractivity contribution < 1.29 is 31.5 Å². The Bertz CT molecular complexity index is 1260. The molecule has 1 N–H and O–H groups in total. The van der Waals surface area contributed by atoms with Crippen molar-refractivity contribution in [1.82, 2.24) is 9.97 Å². The van der Waals surface area contributed by atoms with Gasteiger partial charge in [-0.05, 0) is 37.3 Å². The zero-order chi connectivity index (χ0) is 23.9. The van der Waals surface area contributed by atoms with Gasteiger partial charge in [0.2, 0.25) is 17.8 Å². The van der Waals surface area contributed by atoms with E-state index in [2.05, 4.69) is 15.3 Å². The highest BCUT2D eigenvalue weighted by atomic mass is 19.4. The molecule has 1 aliphatic rings. The quantitative estimate of drug-likeness (QED) is 0.466. The molecule has 0 fully saturated rings. The molecule has 33 heavy (non-hydrogen) atoms. The van der Waals surface area contributed by atoms with Crippen LogP contribution < -0.4 is 10.2 Å². The van der Waals surface area contributed by atoms with Crippen LogP contribution in [0.3, 0.4) is 0 Å². The van der Waals surface area contributed by atoms with E-state index in [0.29, 0.717) is 0 Å². The third-order valence-corrected chi connectivity index (χ3v) is 5.07. The maximum absolute atomic E-state index is 14.9. The molecular formula is C22H15F5N4O2. The number of amides is 2. The summed E-state index contributed by atoms with van der Waals surface area (Å²) in [7, 11) is 0. The summed E-state index contributed by atoms with van der Waals surface area (Å²) in [5, 5.41) is 2.41. The molecule has 2 aromatic heterocycles. The number of aryl methyl sites for hydroxylation is 1. The first kappa shape index (κ1) is 22.3. The van der Waals surface area contributed by atoms with Gasteiger partial charge in [0.05, 0.1) is 29.4 Å². The summed E-state index contributed by atoms with van der Waals surface area (Å²) in [5.41, 5.74) is -0.773. The molecule has 0 saturated carbocycles. The number of carbonyl (C=O) groups is 2. The van der Waals surface area contributed by atoms with Gasteiger partial charge in [-0.2, -0.15) is 17.6 Å². The minimum absolute atomic E-state index is 0.0127. The molecule has 0 spiro atoms. The minimum atomic E-state index is -4.53. The van der Waals surface area contributed by atoms with Gasteiger partial charge in [0.15, 0.2) is 0 Å². The van der Waals surface area contributed by atoms with E-state index in [4.69, 9.17) is 0 Å². The number of hydrogen-bond donors (Lipinski definition) is 1. The lowest BCUT2D eigenvalue weighted by Gasteiger charge is -2.23. The molecule has 2 amide bonds. The van der Waals surface area contributed by atoms with E-state index < -0.39 is 48.3 Å². The van der Waals surface area contributed by atoms with Gasteiger partial charge in [0.25, 0.3) is 0 Å². The molecule has 170 valence electrons. The summed E-state index contributed by atoms with van der Waals surface area (Å²) in [6.07, 6.45) is -2.86. The van der Waals surface area contributed by atoms with Crippen LogP contribution in [0.15, 0.2) is 42.7 Å². The molecule has 0 radical (unpaired) electrons. The Morgan fingerprint density at radius 1 is 1.15 bits per heavy atom. The molecule has 3 heterocycles. The standard InChI is InChI=1S/C22H15F5N4O2/c1-11-6-17-20(21(24)29-11)15-8-28-9-16(23)14(15)7-19(33)31(17)10-18(32)30-13-4-2-12(3-5-13)22(25,26)27/h2-6,8-9H,7,10H2,1H3,(H,30,32). The summed E-state index contributed by atoms with van der Waals surface area (Å²) in [6.45, 7) is 0.905. The predicted molar refractivity (Wildman–Crippen MR) is 108 cm³/mol. The van der Waals surface area contributed by atoms with Crippen molar-refractivity contribution in [3.8, 4) is 11.1 Å². The first-order valence-corrected chi connectivity index (χ1v) is 9.62. The fourth-order valence-corrected chi connectivity index (χ4v) is 3.58. The Morgan fingerprint density at radius 3 is 2.52 bits per heavy atom. The molecule has 0 bridgehead atoms. The zero-order valence-corrected chi connectivity index (χ0v) is 17.0. The van der Waals surface area contributed by atoms with Crippen LogP contribution in [0.4, 0.5) is 33.3 Å². The Kier molecular flexibility index (Phi) is 5.56. The molecule has 0 atom stereocenters. The lowest BCUT2D eigenvalue weighted by atomic mass is 10.0. The third kappa shape index (κ3) is 4.38. The number of alkyl halides is 3. The predicted octanol–water partition coefficient (Wildman–Crippen LogP) is 4.28. The fourth-order valence-electron chi connectivity index (χ4n) is 3.58. The molecule has 0 unspecified atom stereocenters. The number of nitrogens with one attached hydrogen (secondary N) is 1. The van der Waals surface area contributed by atoms with Crippen molar-refractivity contribution >= 4 is 23.2 Å². The Hall–Kier alpha value is -3.89. The van der Waals surface area contributed by atoms with Gasteiger partial charge < -0.3 is 10.2 Å². The first-order valence-electron chi connectivity index (χ1n) is 9.62. The summed E-state index contributed by atoms with van der Waals surface area (Å²) in [5.74, 6) is -3.18. The number of carbonyl (C=O) groups excluding carboxylic acids is 2. The normalized spacial score (nSPS) is 13.3. The summed E-state index contributed by atoms with van der Waals surface area (Å²) in [6, 6.07) is 5.15. The van der Waals surface area contributed by atoms with Gasteiger partial charge in [-0.1, -0.05) is 0 Å². The lowest BCUT2D eigenvalue weighted by Crippen LogP contribution is -2.39. The molecular weight excluding hydrogens is 447 g/mol. The largest absolute Gasteiger partial charge is 0.416 e. The van der Waals surface area contributed by atoms with Crippen molar-refractivity contribution in [3.63, 3.8) is 0 Å². The SMILES string of the molecule is Cc1cc2c(c(F)n1)-c1cncc(F)c1CC(=O)N2CC(=O)Nc1ccc(C(F)(F)F)cc1. The van der Waals surface area contributed by atoms with Crippen molar-refractivity contribution in [3.05, 3.63) is 71.3 Å². The monoisotopic (exact) mass is 462 g/mol. The van der Waals surface area contributed by atoms with Crippen LogP contribution in [0, 0.1) is 18.7 Å². The van der Waals surface area contributed by atoms with E-state index >= 15 is 0 Å². The molecule has 3 aromatic rings. The number of benzene rings is 1. The Labute approximate surface area is 184 Å². The van der Waals surface area contributed by atoms with Crippen molar-refractivity contribution in [1.29, 1.82) is 0 Å². The minimum Gasteiger partial charge on any atom is -0.325 e. The van der Waals surface area contributed by atoms with Crippen molar-refractivity contribution in [2.75, 3.05) is 16.8 Å². The van der Waals surface area contributed by atoms with Crippen LogP contribution in [0.1, 0.15) is 16.8 Å². The summed E-state index contributed by atoms with van der Waals surface area (Å²) < 4.78 is 67.4. The highest BCUT2D eigenvalue weighted by molar-refractivity contribution is 6.07. The first-order chi connectivity index (χ1) is 15.5. The average molecular weight is 462 g/mol. The topological polar surface area (TPSA) is 75.2 Å². The average Bonchev–Trinajstić information content (AvgIpc) is 2.84. The number of anilines is 2. The molecule has 0 saturated heterocycles. The Balaban J connectivity index is 1.67. The smallest absolute Gasteiger partial charge is 0.325 e. The van der Waals surface area contributed by atoms with Crippen LogP contribution in [-0.4, -0.2) is 28.3 Å². The fraction of sp³-hybridized carbons (Fsp3) is 0.182. The van der Waals surface area contributed by atoms with E-state index in [-0.39, 0.29) is 33.8 Å². The third-order valence-electron chi connectivity index (χ3n) is 5.07. The number of rotatable bonds is 3. The maximum atomic E-state index is 14.9. The summed E-state index contributed by atoms with van der Waals surface area (Å²) in [4.78, 5) is 34.0. The van der Waals surface area contributed by atoms with E-state index in [1.807, 2.05) is 0 Å². The highest BCUT2D eigenvalue weighted by Gasteiger charge is 2.32. The second kappa shape index (κ2) is 8.23. The molecule has 0 aliphatic carbocycles. The van der Waals surface area contributed by atoms with E-state index in [0.717, 1.165) is 35.4 Å². The number of fused-ring (bicyclic) bond motifs is 3. The summed E-state index contributed by atoms with van der Waals surface area (Å²) >= 11 is 0. The van der Waals surface area contributed by atoms with Crippen LogP contribution in [0.5, 0.6) is 0 Å². The number of nitrogens with zero attached hydrogens (tertiary/aromatic N) is 3. The second-order valence-electron chi connectivity index (χ2n) is 7.38. The maximum Gasteiger partial charge on any atom is 0.416 e. The molecule has 1 aromatic carbocycles. The molecule has 6 nitrogen and oxygen atoms in total. The number of pyridine rings is 2. The number of halogens is 5. The number of hydrogen-bond acceptors (Lipinski definition) is 4. The Morgan fingerprint density at radius 2 is 1.85 bits per heavy atom. The van der Waals surface area contributed by atoms with Crippen LogP contribution in [0.25, 0.3) is 11.1 Å². The molecule has 4 rings (SSSR count). The second-order valence-corrected chi connectivity index (χ2v) is 7.38. The van der Waals surface area contributed by atoms with Gasteiger partial charge in [0.1, 0.15) is 12.4 Å².